The number of aryl methyl sites for hydroxylation is 1. The number of rotatable bonds is 3. The van der Waals surface area contributed by atoms with Gasteiger partial charge in [0.25, 0.3) is 0 Å². The predicted octanol–water partition coefficient (Wildman–Crippen LogP) is 2.52. The smallest absolute Gasteiger partial charge is 0.182 e. The number of aromatic nitrogens is 2. The molecule has 0 aromatic carbocycles. The van der Waals surface area contributed by atoms with Gasteiger partial charge in [-0.05, 0) is 6.92 Å². The summed E-state index contributed by atoms with van der Waals surface area (Å²) >= 11 is 3.29. The van der Waals surface area contributed by atoms with E-state index >= 15 is 0 Å². The number of anilines is 1. The Bertz CT molecular complexity index is 366. The van der Waals surface area contributed by atoms with Gasteiger partial charge in [-0.2, -0.15) is 0 Å². The summed E-state index contributed by atoms with van der Waals surface area (Å²) in [6.07, 6.45) is 1.80. The van der Waals surface area contributed by atoms with Crippen molar-refractivity contribution in [3.8, 4) is 0 Å². The molecule has 0 radical (unpaired) electrons. The van der Waals surface area contributed by atoms with Crippen LogP contribution in [0.25, 0.3) is 0 Å². The molecule has 2 aromatic rings. The maximum atomic E-state index is 4.18. The maximum Gasteiger partial charge on any atom is 0.182 e. The molecule has 13 heavy (non-hydrogen) atoms. The molecule has 2 rings (SSSR count). The monoisotopic (exact) mass is 211 g/mol. The number of nitrogens with zero attached hydrogens (tertiary/aromatic N) is 2. The fourth-order valence-corrected chi connectivity index (χ4v) is 2.21. The van der Waals surface area contributed by atoms with Crippen LogP contribution in [0.4, 0.5) is 5.13 Å². The van der Waals surface area contributed by atoms with E-state index in [0.29, 0.717) is 0 Å². The lowest BCUT2D eigenvalue weighted by atomic mass is 10.4. The van der Waals surface area contributed by atoms with Gasteiger partial charge in [-0.25, -0.2) is 9.97 Å². The summed E-state index contributed by atoms with van der Waals surface area (Å²) in [5, 5.41) is 6.17. The second-order valence-electron chi connectivity index (χ2n) is 2.55. The first-order valence-corrected chi connectivity index (χ1v) is 5.64. The second kappa shape index (κ2) is 3.85. The number of hydrogen-bond donors (Lipinski definition) is 1. The van der Waals surface area contributed by atoms with Crippen LogP contribution in [0, 0.1) is 6.92 Å². The molecule has 0 spiro atoms. The lowest BCUT2D eigenvalue weighted by Crippen LogP contribution is -1.97. The van der Waals surface area contributed by atoms with E-state index in [4.69, 9.17) is 0 Å². The van der Waals surface area contributed by atoms with Gasteiger partial charge in [-0.1, -0.05) is 0 Å². The molecule has 5 heteroatoms. The van der Waals surface area contributed by atoms with Crippen molar-refractivity contribution in [1.82, 2.24) is 9.97 Å². The molecular weight excluding hydrogens is 202 g/mol. The van der Waals surface area contributed by atoms with Crippen LogP contribution >= 0.6 is 22.7 Å². The van der Waals surface area contributed by atoms with Crippen LogP contribution in [-0.2, 0) is 6.54 Å². The van der Waals surface area contributed by atoms with E-state index in [1.165, 1.54) is 4.88 Å². The summed E-state index contributed by atoms with van der Waals surface area (Å²) in [5.41, 5.74) is 2.97. The molecule has 0 saturated carbocycles. The lowest BCUT2D eigenvalue weighted by molar-refractivity contribution is 1.11. The van der Waals surface area contributed by atoms with Crippen LogP contribution in [0.15, 0.2) is 17.1 Å². The van der Waals surface area contributed by atoms with Crippen LogP contribution in [0.2, 0.25) is 0 Å². The molecule has 0 aliphatic rings. The highest BCUT2D eigenvalue weighted by atomic mass is 32.1. The molecule has 0 unspecified atom stereocenters. The minimum atomic E-state index is 0.823. The Morgan fingerprint density at radius 2 is 2.31 bits per heavy atom. The van der Waals surface area contributed by atoms with Crippen molar-refractivity contribution in [3.63, 3.8) is 0 Å². The van der Waals surface area contributed by atoms with Gasteiger partial charge in [0.15, 0.2) is 5.13 Å². The van der Waals surface area contributed by atoms with Crippen molar-refractivity contribution in [1.29, 1.82) is 0 Å². The average molecular weight is 211 g/mol. The minimum Gasteiger partial charge on any atom is -0.357 e. The third-order valence-corrected chi connectivity index (χ3v) is 3.34. The second-order valence-corrected chi connectivity index (χ2v) is 4.39. The summed E-state index contributed by atoms with van der Waals surface area (Å²) in [7, 11) is 0. The van der Waals surface area contributed by atoms with Gasteiger partial charge in [-0.3, -0.25) is 0 Å². The van der Waals surface area contributed by atoms with E-state index in [9.17, 15) is 0 Å². The third kappa shape index (κ3) is 2.05. The summed E-state index contributed by atoms with van der Waals surface area (Å²) in [4.78, 5) is 9.59. The highest BCUT2D eigenvalue weighted by molar-refractivity contribution is 7.13. The van der Waals surface area contributed by atoms with Gasteiger partial charge < -0.3 is 5.32 Å². The first-order chi connectivity index (χ1) is 6.36. The summed E-state index contributed by atoms with van der Waals surface area (Å²) in [6.45, 7) is 2.85. The molecule has 0 aliphatic carbocycles. The Balaban J connectivity index is 1.97. The SMILES string of the molecule is Cc1ncsc1CNc1nccs1. The van der Waals surface area contributed by atoms with E-state index in [2.05, 4.69) is 15.3 Å². The number of hydrogen-bond acceptors (Lipinski definition) is 5. The van der Waals surface area contributed by atoms with Gasteiger partial charge in [-0.15, -0.1) is 22.7 Å². The molecule has 0 amide bonds. The molecular formula is C8H9N3S2. The first kappa shape index (κ1) is 8.65. The van der Waals surface area contributed by atoms with E-state index in [1.807, 2.05) is 17.8 Å². The van der Waals surface area contributed by atoms with Crippen LogP contribution in [0.3, 0.4) is 0 Å². The summed E-state index contributed by atoms with van der Waals surface area (Å²) in [6, 6.07) is 0. The Kier molecular flexibility index (Phi) is 2.56. The van der Waals surface area contributed by atoms with Crippen molar-refractivity contribution in [3.05, 3.63) is 27.7 Å². The van der Waals surface area contributed by atoms with Crippen molar-refractivity contribution < 1.29 is 0 Å². The first-order valence-electron chi connectivity index (χ1n) is 3.88. The molecule has 0 aliphatic heterocycles. The summed E-state index contributed by atoms with van der Waals surface area (Å²) in [5.74, 6) is 0. The number of thiazole rings is 2. The van der Waals surface area contributed by atoms with Crippen molar-refractivity contribution in [2.75, 3.05) is 5.32 Å². The molecule has 0 saturated heterocycles. The standard InChI is InChI=1S/C8H9N3S2/c1-6-7(13-5-11-6)4-10-8-9-2-3-12-8/h2-3,5H,4H2,1H3,(H,9,10). The molecule has 2 aromatic heterocycles. The molecule has 0 bridgehead atoms. The van der Waals surface area contributed by atoms with Crippen LogP contribution in [0.5, 0.6) is 0 Å². The Hall–Kier alpha value is -0.940. The average Bonchev–Trinajstić information content (AvgIpc) is 2.72. The van der Waals surface area contributed by atoms with Gasteiger partial charge in [0, 0.05) is 16.5 Å². The predicted molar refractivity (Wildman–Crippen MR) is 56.3 cm³/mol. The molecule has 2 heterocycles. The summed E-state index contributed by atoms with van der Waals surface area (Å²) < 4.78 is 0. The van der Waals surface area contributed by atoms with Crippen molar-refractivity contribution in [2.24, 2.45) is 0 Å². The molecule has 0 fully saturated rings. The van der Waals surface area contributed by atoms with Crippen molar-refractivity contribution in [2.45, 2.75) is 13.5 Å². The Labute approximate surface area is 84.5 Å². The fourth-order valence-electron chi connectivity index (χ4n) is 0.963. The van der Waals surface area contributed by atoms with Gasteiger partial charge in [0.05, 0.1) is 17.7 Å². The van der Waals surface area contributed by atoms with Gasteiger partial charge >= 0.3 is 0 Å². The molecule has 1 N–H and O–H groups in total. The topological polar surface area (TPSA) is 37.8 Å². The van der Waals surface area contributed by atoms with E-state index in [0.717, 1.165) is 17.4 Å². The highest BCUT2D eigenvalue weighted by Gasteiger charge is 2.01. The van der Waals surface area contributed by atoms with Crippen LogP contribution < -0.4 is 5.32 Å². The quantitative estimate of drug-likeness (QED) is 0.847. The van der Waals surface area contributed by atoms with E-state index < -0.39 is 0 Å². The van der Waals surface area contributed by atoms with Gasteiger partial charge in [0.2, 0.25) is 0 Å². The lowest BCUT2D eigenvalue weighted by Gasteiger charge is -1.99. The zero-order valence-corrected chi connectivity index (χ0v) is 8.78. The minimum absolute atomic E-state index is 0.823. The van der Waals surface area contributed by atoms with Crippen molar-refractivity contribution >= 4 is 27.8 Å². The largest absolute Gasteiger partial charge is 0.357 e. The Morgan fingerprint density at radius 3 is 2.92 bits per heavy atom. The zero-order valence-electron chi connectivity index (χ0n) is 7.15. The molecule has 68 valence electrons. The van der Waals surface area contributed by atoms with Crippen LogP contribution in [0.1, 0.15) is 10.6 Å². The maximum absolute atomic E-state index is 4.18. The zero-order chi connectivity index (χ0) is 9.10. The Morgan fingerprint density at radius 1 is 1.38 bits per heavy atom. The van der Waals surface area contributed by atoms with Gasteiger partial charge in [0.1, 0.15) is 0 Å². The fraction of sp³-hybridized carbons (Fsp3) is 0.250. The van der Waals surface area contributed by atoms with Crippen LogP contribution in [-0.4, -0.2) is 9.97 Å². The highest BCUT2D eigenvalue weighted by Crippen LogP contribution is 2.16. The molecule has 3 nitrogen and oxygen atoms in total. The third-order valence-electron chi connectivity index (χ3n) is 1.68. The van der Waals surface area contributed by atoms with E-state index in [1.54, 1.807) is 28.9 Å². The molecule has 0 atom stereocenters. The number of nitrogens with one attached hydrogen (secondary N) is 1. The van der Waals surface area contributed by atoms with E-state index in [-0.39, 0.29) is 0 Å². The normalized spacial score (nSPS) is 10.2.